The summed E-state index contributed by atoms with van der Waals surface area (Å²) in [5.74, 6) is 2.24. The van der Waals surface area contributed by atoms with Crippen LogP contribution in [0.1, 0.15) is 18.5 Å². The molecule has 1 aliphatic heterocycles. The van der Waals surface area contributed by atoms with E-state index in [1.807, 2.05) is 6.07 Å². The van der Waals surface area contributed by atoms with Gasteiger partial charge < -0.3 is 19.7 Å². The third-order valence-electron chi connectivity index (χ3n) is 3.58. The molecule has 0 spiro atoms. The maximum Gasteiger partial charge on any atom is 0.145 e. The highest BCUT2D eigenvalue weighted by molar-refractivity contribution is 5.67. The highest BCUT2D eigenvalue weighted by Gasteiger charge is 2.30. The summed E-state index contributed by atoms with van der Waals surface area (Å²) in [7, 11) is 7.61. The van der Waals surface area contributed by atoms with Gasteiger partial charge in [0, 0.05) is 24.2 Å². The van der Waals surface area contributed by atoms with Crippen LogP contribution in [0, 0.1) is 5.92 Å². The van der Waals surface area contributed by atoms with Gasteiger partial charge in [-0.2, -0.15) is 0 Å². The second kappa shape index (κ2) is 5.06. The van der Waals surface area contributed by atoms with E-state index >= 15 is 0 Å². The number of nitrogens with zero attached hydrogens (tertiary/aromatic N) is 1. The number of ether oxygens (including phenoxy) is 2. The van der Waals surface area contributed by atoms with Gasteiger partial charge in [-0.3, -0.25) is 0 Å². The second-order valence-electron chi connectivity index (χ2n) is 5.06. The van der Waals surface area contributed by atoms with Crippen LogP contribution in [0.3, 0.4) is 0 Å². The zero-order valence-corrected chi connectivity index (χ0v) is 11.8. The molecule has 1 aromatic rings. The van der Waals surface area contributed by atoms with Crippen LogP contribution in [0.25, 0.3) is 0 Å². The first kappa shape index (κ1) is 13.0. The first-order valence-corrected chi connectivity index (χ1v) is 6.24. The maximum absolute atomic E-state index is 5.46. The Morgan fingerprint density at radius 1 is 1.22 bits per heavy atom. The highest BCUT2D eigenvalue weighted by atomic mass is 16.5. The summed E-state index contributed by atoms with van der Waals surface area (Å²) in [6.45, 7) is 3.21. The van der Waals surface area contributed by atoms with Crippen molar-refractivity contribution in [1.29, 1.82) is 0 Å². The molecule has 0 saturated carbocycles. The molecular weight excluding hydrogens is 228 g/mol. The van der Waals surface area contributed by atoms with Crippen LogP contribution >= 0.6 is 0 Å². The lowest BCUT2D eigenvalue weighted by molar-refractivity contribution is 0.224. The van der Waals surface area contributed by atoms with Gasteiger partial charge >= 0.3 is 0 Å². The van der Waals surface area contributed by atoms with Crippen molar-refractivity contribution in [1.82, 2.24) is 4.90 Å². The van der Waals surface area contributed by atoms with Crippen LogP contribution in [0.5, 0.6) is 11.5 Å². The zero-order chi connectivity index (χ0) is 13.3. The summed E-state index contributed by atoms with van der Waals surface area (Å²) in [6, 6.07) is 4.41. The maximum atomic E-state index is 5.46. The topological polar surface area (TPSA) is 33.7 Å². The molecule has 0 radical (unpaired) electrons. The fourth-order valence-corrected chi connectivity index (χ4v) is 2.78. The standard InChI is InChI=1S/C14H22N2O2/c1-9-8-15-13-11(14(9)16(2)3)6-10(17-4)7-12(13)18-5/h6-7,9,14-15H,8H2,1-5H3. The molecule has 2 unspecified atom stereocenters. The van der Waals surface area contributed by atoms with Crippen molar-refractivity contribution in [2.45, 2.75) is 13.0 Å². The molecule has 0 aliphatic carbocycles. The van der Waals surface area contributed by atoms with E-state index in [2.05, 4.69) is 37.3 Å². The van der Waals surface area contributed by atoms with Crippen molar-refractivity contribution >= 4 is 5.69 Å². The van der Waals surface area contributed by atoms with E-state index in [9.17, 15) is 0 Å². The van der Waals surface area contributed by atoms with E-state index in [1.54, 1.807) is 14.2 Å². The lowest BCUT2D eigenvalue weighted by Gasteiger charge is -2.37. The van der Waals surface area contributed by atoms with Crippen LogP contribution < -0.4 is 14.8 Å². The first-order valence-electron chi connectivity index (χ1n) is 6.24. The van der Waals surface area contributed by atoms with Crippen molar-refractivity contribution < 1.29 is 9.47 Å². The van der Waals surface area contributed by atoms with Crippen molar-refractivity contribution in [2.75, 3.05) is 40.2 Å². The molecule has 1 aromatic carbocycles. The molecular formula is C14H22N2O2. The third-order valence-corrected chi connectivity index (χ3v) is 3.58. The third kappa shape index (κ3) is 2.12. The molecule has 1 heterocycles. The lowest BCUT2D eigenvalue weighted by Crippen LogP contribution is -2.34. The molecule has 1 N–H and O–H groups in total. The molecule has 0 aromatic heterocycles. The number of anilines is 1. The predicted octanol–water partition coefficient (Wildman–Crippen LogP) is 2.37. The Bertz CT molecular complexity index is 432. The minimum absolute atomic E-state index is 0.380. The monoisotopic (exact) mass is 250 g/mol. The largest absolute Gasteiger partial charge is 0.497 e. The number of hydrogen-bond donors (Lipinski definition) is 1. The van der Waals surface area contributed by atoms with Gasteiger partial charge in [0.2, 0.25) is 0 Å². The van der Waals surface area contributed by atoms with Crippen molar-refractivity contribution in [2.24, 2.45) is 5.92 Å². The van der Waals surface area contributed by atoms with Gasteiger partial charge in [0.15, 0.2) is 0 Å². The van der Waals surface area contributed by atoms with Crippen LogP contribution in [-0.2, 0) is 0 Å². The normalized spacial score (nSPS) is 22.3. The summed E-state index contributed by atoms with van der Waals surface area (Å²) in [5, 5.41) is 3.46. The summed E-state index contributed by atoms with van der Waals surface area (Å²) >= 11 is 0. The lowest BCUT2D eigenvalue weighted by atomic mass is 9.88. The Morgan fingerprint density at radius 2 is 1.94 bits per heavy atom. The van der Waals surface area contributed by atoms with Crippen LogP contribution in [0.15, 0.2) is 12.1 Å². The molecule has 4 heteroatoms. The summed E-state index contributed by atoms with van der Waals surface area (Å²) < 4.78 is 10.8. The quantitative estimate of drug-likeness (QED) is 0.893. The van der Waals surface area contributed by atoms with Gasteiger partial charge in [-0.05, 0) is 26.1 Å². The van der Waals surface area contributed by atoms with E-state index in [0.29, 0.717) is 12.0 Å². The van der Waals surface area contributed by atoms with Crippen LogP contribution in [-0.4, -0.2) is 39.8 Å². The fourth-order valence-electron chi connectivity index (χ4n) is 2.78. The molecule has 0 amide bonds. The number of methoxy groups -OCH3 is 2. The highest BCUT2D eigenvalue weighted by Crippen LogP contribution is 2.43. The summed E-state index contributed by atoms with van der Waals surface area (Å²) in [5.41, 5.74) is 2.34. The number of benzene rings is 1. The number of rotatable bonds is 3. The van der Waals surface area contributed by atoms with Gasteiger partial charge in [-0.1, -0.05) is 6.92 Å². The molecule has 0 saturated heterocycles. The van der Waals surface area contributed by atoms with Crippen LogP contribution in [0.2, 0.25) is 0 Å². The van der Waals surface area contributed by atoms with Gasteiger partial charge in [-0.25, -0.2) is 0 Å². The molecule has 18 heavy (non-hydrogen) atoms. The van der Waals surface area contributed by atoms with Crippen LogP contribution in [0.4, 0.5) is 5.69 Å². The Labute approximate surface area is 109 Å². The minimum atomic E-state index is 0.380. The van der Waals surface area contributed by atoms with Gasteiger partial charge in [0.25, 0.3) is 0 Å². The predicted molar refractivity (Wildman–Crippen MR) is 73.6 cm³/mol. The Kier molecular flexibility index (Phi) is 3.66. The molecule has 2 atom stereocenters. The van der Waals surface area contributed by atoms with Gasteiger partial charge in [0.1, 0.15) is 11.5 Å². The summed E-state index contributed by atoms with van der Waals surface area (Å²) in [4.78, 5) is 2.25. The minimum Gasteiger partial charge on any atom is -0.497 e. The van der Waals surface area contributed by atoms with Crippen molar-refractivity contribution in [3.63, 3.8) is 0 Å². The molecule has 2 rings (SSSR count). The molecule has 1 aliphatic rings. The van der Waals surface area contributed by atoms with E-state index in [-0.39, 0.29) is 0 Å². The van der Waals surface area contributed by atoms with E-state index in [4.69, 9.17) is 9.47 Å². The molecule has 0 bridgehead atoms. The van der Waals surface area contributed by atoms with Gasteiger partial charge in [-0.15, -0.1) is 0 Å². The number of hydrogen-bond acceptors (Lipinski definition) is 4. The SMILES string of the molecule is COc1cc(OC)c2c(c1)C(N(C)C)C(C)CN2. The second-order valence-corrected chi connectivity index (χ2v) is 5.06. The van der Waals surface area contributed by atoms with Crippen molar-refractivity contribution in [3.8, 4) is 11.5 Å². The smallest absolute Gasteiger partial charge is 0.145 e. The van der Waals surface area contributed by atoms with E-state index in [1.165, 1.54) is 5.56 Å². The molecule has 100 valence electrons. The number of nitrogens with one attached hydrogen (secondary N) is 1. The molecule has 0 fully saturated rings. The van der Waals surface area contributed by atoms with Crippen molar-refractivity contribution in [3.05, 3.63) is 17.7 Å². The Morgan fingerprint density at radius 3 is 2.50 bits per heavy atom. The Balaban J connectivity index is 2.55. The zero-order valence-electron chi connectivity index (χ0n) is 11.8. The molecule has 4 nitrogen and oxygen atoms in total. The number of fused-ring (bicyclic) bond motifs is 1. The Hall–Kier alpha value is -1.42. The first-order chi connectivity index (χ1) is 8.58. The van der Waals surface area contributed by atoms with Gasteiger partial charge in [0.05, 0.1) is 19.9 Å². The fraction of sp³-hybridized carbons (Fsp3) is 0.571. The summed E-state index contributed by atoms with van der Waals surface area (Å²) in [6.07, 6.45) is 0. The average Bonchev–Trinajstić information content (AvgIpc) is 2.36. The van der Waals surface area contributed by atoms with E-state index < -0.39 is 0 Å². The van der Waals surface area contributed by atoms with E-state index in [0.717, 1.165) is 23.7 Å². The average molecular weight is 250 g/mol.